The zero-order valence-corrected chi connectivity index (χ0v) is 11.2. The van der Waals surface area contributed by atoms with Gasteiger partial charge in [-0.05, 0) is 0 Å². The van der Waals surface area contributed by atoms with Crippen LogP contribution < -0.4 is 0 Å². The Morgan fingerprint density at radius 1 is 1.25 bits per heavy atom. The molecule has 0 N–H and O–H groups in total. The van der Waals surface area contributed by atoms with Crippen molar-refractivity contribution in [3.63, 3.8) is 0 Å². The quantitative estimate of drug-likeness (QED) is 0.517. The fraction of sp³-hybridized carbons (Fsp3) is 0. The Balaban J connectivity index is 0. The maximum atomic E-state index is 0. The van der Waals surface area contributed by atoms with Gasteiger partial charge in [-0.15, -0.1) is 0 Å². The van der Waals surface area contributed by atoms with Gasteiger partial charge in [-0.1, -0.05) is 0 Å². The predicted octanol–water partition coefficient (Wildman–Crippen LogP) is -0.542. The SMILES string of the molecule is [B].[Ba+2].[H-].[H-].[V].[Zn]. The van der Waals surface area contributed by atoms with Crippen molar-refractivity contribution in [3.05, 3.63) is 0 Å². The van der Waals surface area contributed by atoms with Crippen LogP contribution in [0.25, 0.3) is 0 Å². The minimum Gasteiger partial charge on any atom is -1.00 e. The molecule has 0 aromatic carbocycles. The predicted molar refractivity (Wildman–Crippen MR) is 13.7 cm³/mol. The zero-order valence-electron chi connectivity index (χ0n) is 4.44. The first kappa shape index (κ1) is 28.9. The van der Waals surface area contributed by atoms with Crippen molar-refractivity contribution in [1.29, 1.82) is 0 Å². The summed E-state index contributed by atoms with van der Waals surface area (Å²) in [5, 5.41) is 0. The van der Waals surface area contributed by atoms with Crippen LogP contribution >= 0.6 is 0 Å². The van der Waals surface area contributed by atoms with E-state index in [1.165, 1.54) is 0 Å². The van der Waals surface area contributed by atoms with E-state index in [1.54, 1.807) is 0 Å². The molecule has 4 heteroatoms. The maximum absolute atomic E-state index is 0. The van der Waals surface area contributed by atoms with Gasteiger partial charge in [0.25, 0.3) is 0 Å². The van der Waals surface area contributed by atoms with Gasteiger partial charge in [0.15, 0.2) is 0 Å². The van der Waals surface area contributed by atoms with E-state index in [0.717, 1.165) is 0 Å². The van der Waals surface area contributed by atoms with Gasteiger partial charge in [-0.2, -0.15) is 0 Å². The standard InChI is InChI=1S/B.Ba.V.Zn.2H/q;+2;;;2*-1. The Morgan fingerprint density at radius 3 is 1.25 bits per heavy atom. The van der Waals surface area contributed by atoms with E-state index in [1.807, 2.05) is 0 Å². The van der Waals surface area contributed by atoms with Crippen LogP contribution in [-0.2, 0) is 38.0 Å². The Labute approximate surface area is 96.1 Å². The largest absolute Gasteiger partial charge is 2.00 e. The van der Waals surface area contributed by atoms with Crippen LogP contribution in [0, 0.1) is 0 Å². The molecule has 0 aromatic heterocycles. The van der Waals surface area contributed by atoms with Crippen molar-refractivity contribution in [1.82, 2.24) is 0 Å². The molecule has 0 heterocycles. The summed E-state index contributed by atoms with van der Waals surface area (Å²) in [6.07, 6.45) is 0. The summed E-state index contributed by atoms with van der Waals surface area (Å²) in [5.74, 6) is 0. The van der Waals surface area contributed by atoms with Crippen LogP contribution in [0.3, 0.4) is 0 Å². The van der Waals surface area contributed by atoms with Gasteiger partial charge in [0, 0.05) is 46.4 Å². The Bertz CT molecular complexity index is 13.5. The van der Waals surface area contributed by atoms with Crippen molar-refractivity contribution >= 4 is 57.3 Å². The van der Waals surface area contributed by atoms with E-state index in [0.29, 0.717) is 0 Å². The minimum atomic E-state index is 0. The molecule has 0 amide bonds. The first-order valence-corrected chi connectivity index (χ1v) is 0. The molecule has 0 spiro atoms. The molecular weight excluding hydrogens is 264 g/mol. The fourth-order valence-corrected chi connectivity index (χ4v) is 0. The number of rotatable bonds is 0. The molecule has 0 saturated heterocycles. The molecule has 0 bridgehead atoms. The average molecular weight is 266 g/mol. The summed E-state index contributed by atoms with van der Waals surface area (Å²) in [4.78, 5) is 0. The van der Waals surface area contributed by atoms with Crippen molar-refractivity contribution in [2.24, 2.45) is 0 Å². The van der Waals surface area contributed by atoms with Crippen LogP contribution in [0.15, 0.2) is 0 Å². The zero-order chi connectivity index (χ0) is 0. The third-order valence-corrected chi connectivity index (χ3v) is 0. The van der Waals surface area contributed by atoms with Crippen LogP contribution in [-0.4, -0.2) is 57.3 Å². The third-order valence-electron chi connectivity index (χ3n) is 0. The van der Waals surface area contributed by atoms with Crippen LogP contribution in [0.5, 0.6) is 0 Å². The van der Waals surface area contributed by atoms with Crippen molar-refractivity contribution in [3.8, 4) is 0 Å². The summed E-state index contributed by atoms with van der Waals surface area (Å²) in [7, 11) is 0. The summed E-state index contributed by atoms with van der Waals surface area (Å²) in [6.45, 7) is 0. The molecule has 0 atom stereocenters. The van der Waals surface area contributed by atoms with Gasteiger partial charge in [-0.3, -0.25) is 0 Å². The molecule has 4 radical (unpaired) electrons. The first-order valence-electron chi connectivity index (χ1n) is 0. The van der Waals surface area contributed by atoms with Gasteiger partial charge in [0.2, 0.25) is 0 Å². The van der Waals surface area contributed by atoms with E-state index < -0.39 is 0 Å². The second-order valence-electron chi connectivity index (χ2n) is 0. The van der Waals surface area contributed by atoms with Crippen molar-refractivity contribution in [2.45, 2.75) is 0 Å². The van der Waals surface area contributed by atoms with Crippen LogP contribution in [0.2, 0.25) is 0 Å². The Kier molecular flexibility index (Phi) is 122. The van der Waals surface area contributed by atoms with Gasteiger partial charge in [0.1, 0.15) is 0 Å². The van der Waals surface area contributed by atoms with Crippen LogP contribution in [0.1, 0.15) is 2.85 Å². The summed E-state index contributed by atoms with van der Waals surface area (Å²) >= 11 is 0. The average Bonchev–Trinajstić information content (AvgIpc) is 0. The monoisotopic (exact) mass is 266 g/mol. The second-order valence-corrected chi connectivity index (χ2v) is 0. The second kappa shape index (κ2) is 17.0. The Morgan fingerprint density at radius 2 is 1.25 bits per heavy atom. The summed E-state index contributed by atoms with van der Waals surface area (Å²) < 4.78 is 0. The van der Waals surface area contributed by atoms with E-state index in [2.05, 4.69) is 0 Å². The van der Waals surface area contributed by atoms with E-state index in [-0.39, 0.29) is 98.2 Å². The molecule has 0 unspecified atom stereocenters. The topological polar surface area (TPSA) is 0 Å². The minimum absolute atomic E-state index is 0. The molecule has 0 fully saturated rings. The normalized spacial score (nSPS) is 0. The molecule has 0 aromatic rings. The number of hydrogen-bond donors (Lipinski definition) is 0. The van der Waals surface area contributed by atoms with Gasteiger partial charge in [-0.25, -0.2) is 0 Å². The van der Waals surface area contributed by atoms with Gasteiger partial charge < -0.3 is 2.85 Å². The fourth-order valence-electron chi connectivity index (χ4n) is 0. The van der Waals surface area contributed by atoms with Crippen molar-refractivity contribution < 1.29 is 40.9 Å². The Hall–Kier alpha value is 2.84. The van der Waals surface area contributed by atoms with E-state index in [9.17, 15) is 0 Å². The van der Waals surface area contributed by atoms with E-state index in [4.69, 9.17) is 0 Å². The number of hydrogen-bond acceptors (Lipinski definition) is 0. The molecule has 14 valence electrons. The molecule has 4 heavy (non-hydrogen) atoms. The smallest absolute Gasteiger partial charge is 1.00 e. The molecule has 0 aliphatic rings. The molecule has 0 aliphatic carbocycles. The summed E-state index contributed by atoms with van der Waals surface area (Å²) in [5.41, 5.74) is 0. The van der Waals surface area contributed by atoms with Gasteiger partial charge in [0.05, 0.1) is 0 Å². The van der Waals surface area contributed by atoms with E-state index >= 15 is 0 Å². The molecular formula is H2BBaVZn. The van der Waals surface area contributed by atoms with Gasteiger partial charge >= 0.3 is 48.9 Å². The first-order chi connectivity index (χ1) is 0. The van der Waals surface area contributed by atoms with Crippen LogP contribution in [0.4, 0.5) is 0 Å². The van der Waals surface area contributed by atoms with Crippen molar-refractivity contribution in [2.75, 3.05) is 0 Å². The summed E-state index contributed by atoms with van der Waals surface area (Å²) in [6, 6.07) is 0. The molecule has 0 saturated carbocycles. The molecule has 0 nitrogen and oxygen atoms in total. The molecule has 0 aliphatic heterocycles. The third kappa shape index (κ3) is 8.85. The maximum Gasteiger partial charge on any atom is 2.00 e. The molecule has 0 rings (SSSR count).